The van der Waals surface area contributed by atoms with Crippen molar-refractivity contribution in [3.63, 3.8) is 0 Å². The molecule has 12 heteroatoms. The monoisotopic (exact) mass is 453 g/mol. The molecule has 3 amide bonds. The largest absolute Gasteiger partial charge is 0.383 e. The number of H-pyrrole nitrogens is 1. The Bertz CT molecular complexity index is 902. The summed E-state index contributed by atoms with van der Waals surface area (Å²) in [5.41, 5.74) is 10.8. The van der Waals surface area contributed by atoms with Crippen molar-refractivity contribution in [2.24, 2.45) is 0 Å². The number of nitrogens with two attached hydrogens (primary N) is 2. The first-order valence-electron chi connectivity index (χ1n) is 9.15. The van der Waals surface area contributed by atoms with Crippen molar-refractivity contribution in [3.05, 3.63) is 24.0 Å². The number of nitrogens with one attached hydrogen (secondary N) is 4. The summed E-state index contributed by atoms with van der Waals surface area (Å²) >= 11 is 0. The molecule has 2 aromatic rings. The molecule has 0 fully saturated rings. The molecule has 0 aromatic carbocycles. The van der Waals surface area contributed by atoms with Crippen LogP contribution in [0.5, 0.6) is 0 Å². The number of nitrogens with zero attached hydrogens (tertiary/aromatic N) is 3. The zero-order chi connectivity index (χ0) is 23.3. The van der Waals surface area contributed by atoms with Crippen LogP contribution in [0.3, 0.4) is 0 Å². The van der Waals surface area contributed by atoms with E-state index in [-0.39, 0.29) is 49.2 Å². The van der Waals surface area contributed by atoms with E-state index in [9.17, 15) is 14.4 Å². The third-order valence-corrected chi connectivity index (χ3v) is 3.32. The minimum atomic E-state index is -0.440. The molecule has 8 N–H and O–H groups in total. The van der Waals surface area contributed by atoms with Crippen molar-refractivity contribution in [2.75, 3.05) is 18.5 Å². The molecule has 0 unspecified atom stereocenters. The maximum atomic E-state index is 11.8. The van der Waals surface area contributed by atoms with Crippen molar-refractivity contribution in [3.8, 4) is 0 Å². The lowest BCUT2D eigenvalue weighted by atomic mass is 10.1. The van der Waals surface area contributed by atoms with Gasteiger partial charge in [0.05, 0.1) is 6.33 Å². The molecule has 32 heavy (non-hydrogen) atoms. The van der Waals surface area contributed by atoms with Crippen LogP contribution in [0.1, 0.15) is 77.4 Å². The highest BCUT2D eigenvalue weighted by Crippen LogP contribution is 2.11. The number of rotatable bonds is 2. The van der Waals surface area contributed by atoms with Gasteiger partial charge >= 0.3 is 6.03 Å². The van der Waals surface area contributed by atoms with Crippen LogP contribution in [0.15, 0.2) is 12.7 Å². The fraction of sp³-hybridized carbons (Fsp3) is 0.550. The Balaban J connectivity index is 0. The fourth-order valence-electron chi connectivity index (χ4n) is 2.10. The zero-order valence-corrected chi connectivity index (χ0v) is 18.4. The summed E-state index contributed by atoms with van der Waals surface area (Å²) in [5, 5.41) is 7.89. The van der Waals surface area contributed by atoms with Crippen LogP contribution in [0, 0.1) is 0 Å². The highest BCUT2D eigenvalue weighted by Gasteiger charge is 2.22. The SMILES string of the molecule is C.C.CC(C)(C)NC(=O)c1[nH]cnc1N.CNC(=O)n1cnc(C(=O)NC(C)(C)C)c1N. The van der Waals surface area contributed by atoms with Crippen molar-refractivity contribution in [1.82, 2.24) is 35.5 Å². The molecule has 0 aliphatic rings. The molecular formula is C20H39N9O3. The zero-order valence-electron chi connectivity index (χ0n) is 18.4. The van der Waals surface area contributed by atoms with Gasteiger partial charge in [0, 0.05) is 18.1 Å². The molecule has 0 saturated carbocycles. The molecular weight excluding hydrogens is 414 g/mol. The van der Waals surface area contributed by atoms with Gasteiger partial charge in [0.1, 0.15) is 17.8 Å². The Labute approximate surface area is 189 Å². The number of anilines is 2. The molecule has 0 atom stereocenters. The Morgan fingerprint density at radius 1 is 0.938 bits per heavy atom. The second kappa shape index (κ2) is 11.7. The molecule has 0 radical (unpaired) electrons. The van der Waals surface area contributed by atoms with Gasteiger partial charge in [-0.15, -0.1) is 0 Å². The topological polar surface area (TPSA) is 186 Å². The van der Waals surface area contributed by atoms with E-state index in [0.717, 1.165) is 4.57 Å². The normalized spacial score (nSPS) is 10.5. The van der Waals surface area contributed by atoms with Crippen molar-refractivity contribution in [1.29, 1.82) is 0 Å². The van der Waals surface area contributed by atoms with E-state index in [1.165, 1.54) is 19.7 Å². The van der Waals surface area contributed by atoms with E-state index in [1.807, 2.05) is 41.5 Å². The number of amides is 3. The lowest BCUT2D eigenvalue weighted by Gasteiger charge is -2.19. The van der Waals surface area contributed by atoms with Crippen LogP contribution in [0.4, 0.5) is 16.4 Å². The van der Waals surface area contributed by atoms with Gasteiger partial charge in [-0.05, 0) is 41.5 Å². The predicted octanol–water partition coefficient (Wildman–Crippen LogP) is 1.97. The molecule has 2 rings (SSSR count). The van der Waals surface area contributed by atoms with Crippen molar-refractivity contribution >= 4 is 29.5 Å². The minimum absolute atomic E-state index is 0. The first kappa shape index (κ1) is 30.6. The van der Waals surface area contributed by atoms with Crippen LogP contribution in [-0.2, 0) is 0 Å². The predicted molar refractivity (Wildman–Crippen MR) is 127 cm³/mol. The van der Waals surface area contributed by atoms with E-state index in [2.05, 4.69) is 30.9 Å². The summed E-state index contributed by atoms with van der Waals surface area (Å²) < 4.78 is 1.08. The number of hydrogen-bond donors (Lipinski definition) is 6. The van der Waals surface area contributed by atoms with Crippen LogP contribution in [0.25, 0.3) is 0 Å². The fourth-order valence-corrected chi connectivity index (χ4v) is 2.10. The second-order valence-electron chi connectivity index (χ2n) is 8.47. The molecule has 0 bridgehead atoms. The molecule has 0 aliphatic carbocycles. The second-order valence-corrected chi connectivity index (χ2v) is 8.47. The Morgan fingerprint density at radius 3 is 1.84 bits per heavy atom. The molecule has 12 nitrogen and oxygen atoms in total. The summed E-state index contributed by atoms with van der Waals surface area (Å²) in [5.74, 6) is -0.395. The first-order chi connectivity index (χ1) is 13.7. The van der Waals surface area contributed by atoms with Gasteiger partial charge in [0.25, 0.3) is 11.8 Å². The third-order valence-electron chi connectivity index (χ3n) is 3.32. The first-order valence-corrected chi connectivity index (χ1v) is 9.15. The highest BCUT2D eigenvalue weighted by atomic mass is 16.2. The van der Waals surface area contributed by atoms with Crippen LogP contribution < -0.4 is 27.4 Å². The highest BCUT2D eigenvalue weighted by molar-refractivity contribution is 5.98. The third kappa shape index (κ3) is 9.06. The summed E-state index contributed by atoms with van der Waals surface area (Å²) in [4.78, 5) is 44.9. The Hall–Kier alpha value is -3.57. The maximum Gasteiger partial charge on any atom is 0.328 e. The summed E-state index contributed by atoms with van der Waals surface area (Å²) in [7, 11) is 1.47. The number of aromatic amines is 1. The number of aromatic nitrogens is 4. The summed E-state index contributed by atoms with van der Waals surface area (Å²) in [6.07, 6.45) is 2.61. The maximum absolute atomic E-state index is 11.8. The van der Waals surface area contributed by atoms with Gasteiger partial charge in [0.2, 0.25) is 0 Å². The van der Waals surface area contributed by atoms with Crippen LogP contribution >= 0.6 is 0 Å². The van der Waals surface area contributed by atoms with Gasteiger partial charge in [-0.2, -0.15) is 0 Å². The number of imidazole rings is 2. The van der Waals surface area contributed by atoms with Gasteiger partial charge in [-0.1, -0.05) is 14.9 Å². The van der Waals surface area contributed by atoms with Gasteiger partial charge in [-0.25, -0.2) is 19.3 Å². The van der Waals surface area contributed by atoms with E-state index in [4.69, 9.17) is 11.5 Å². The summed E-state index contributed by atoms with van der Waals surface area (Å²) in [6, 6.07) is -0.440. The summed E-state index contributed by atoms with van der Waals surface area (Å²) in [6.45, 7) is 11.2. The van der Waals surface area contributed by atoms with E-state index in [0.29, 0.717) is 5.69 Å². The molecule has 0 saturated heterocycles. The quantitative estimate of drug-likeness (QED) is 0.401. The lowest BCUT2D eigenvalue weighted by Crippen LogP contribution is -2.41. The van der Waals surface area contributed by atoms with Gasteiger partial charge < -0.3 is 32.4 Å². The molecule has 182 valence electrons. The van der Waals surface area contributed by atoms with Crippen LogP contribution in [-0.4, -0.2) is 55.5 Å². The molecule has 2 aromatic heterocycles. The van der Waals surface area contributed by atoms with E-state index < -0.39 is 11.9 Å². The van der Waals surface area contributed by atoms with Gasteiger partial charge in [-0.3, -0.25) is 9.59 Å². The van der Waals surface area contributed by atoms with E-state index >= 15 is 0 Å². The average molecular weight is 454 g/mol. The van der Waals surface area contributed by atoms with Crippen molar-refractivity contribution < 1.29 is 14.4 Å². The number of carbonyl (C=O) groups excluding carboxylic acids is 3. The standard InChI is InChI=1S/C10H17N5O2.C8H14N4O.2CH4/c1-10(2,3)14-8(16)6-7(11)15(5-13-6)9(17)12-4;1-8(2,3)12-7(13)5-6(9)11-4-10-5;;/h5H,11H2,1-4H3,(H,12,17)(H,14,16);4H,9H2,1-3H3,(H,10,11)(H,12,13);2*1H4. The van der Waals surface area contributed by atoms with Gasteiger partial charge in [0.15, 0.2) is 11.5 Å². The Kier molecular flexibility index (Phi) is 11.2. The minimum Gasteiger partial charge on any atom is -0.383 e. The molecule has 0 spiro atoms. The lowest BCUT2D eigenvalue weighted by molar-refractivity contribution is 0.0906. The number of carbonyl (C=O) groups is 3. The molecule has 2 heterocycles. The Morgan fingerprint density at radius 2 is 1.44 bits per heavy atom. The smallest absolute Gasteiger partial charge is 0.328 e. The molecule has 0 aliphatic heterocycles. The number of nitrogen functional groups attached to an aromatic ring is 2. The van der Waals surface area contributed by atoms with Crippen LogP contribution in [0.2, 0.25) is 0 Å². The number of hydrogen-bond acceptors (Lipinski definition) is 7. The van der Waals surface area contributed by atoms with Crippen molar-refractivity contribution in [2.45, 2.75) is 67.5 Å². The van der Waals surface area contributed by atoms with E-state index in [1.54, 1.807) is 0 Å². The average Bonchev–Trinajstić information content (AvgIpc) is 3.17.